The number of carbonyl (C=O) groups excluding carboxylic acids is 1. The highest BCUT2D eigenvalue weighted by Crippen LogP contribution is 2.21. The van der Waals surface area contributed by atoms with Crippen molar-refractivity contribution in [3.8, 4) is 0 Å². The highest BCUT2D eigenvalue weighted by atomic mass is 32.2. The van der Waals surface area contributed by atoms with Crippen LogP contribution >= 0.6 is 0 Å². The normalized spacial score (nSPS) is 19.1. The molecule has 0 aromatic heterocycles. The van der Waals surface area contributed by atoms with Crippen molar-refractivity contribution in [1.29, 1.82) is 0 Å². The first-order chi connectivity index (χ1) is 11.9. The Kier molecular flexibility index (Phi) is 7.40. The summed E-state index contributed by atoms with van der Waals surface area (Å²) < 4.78 is 25.3. The molecule has 1 N–H and O–H groups in total. The number of likely N-dealkylation sites (N-methyl/N-ethyl adjacent to an activating group) is 1. The van der Waals surface area contributed by atoms with Crippen LogP contribution in [0.5, 0.6) is 0 Å². The molecule has 140 valence electrons. The predicted octanol–water partition coefficient (Wildman–Crippen LogP) is 1.44. The summed E-state index contributed by atoms with van der Waals surface area (Å²) in [6.07, 6.45) is 4.77. The number of piperidine rings is 1. The zero-order chi connectivity index (χ0) is 18.3. The van der Waals surface area contributed by atoms with Gasteiger partial charge in [0.2, 0.25) is 15.9 Å². The maximum absolute atomic E-state index is 12.1. The first kappa shape index (κ1) is 19.9. The minimum absolute atomic E-state index is 0.00565. The van der Waals surface area contributed by atoms with E-state index in [1.165, 1.54) is 11.8 Å². The van der Waals surface area contributed by atoms with Crippen LogP contribution in [0.15, 0.2) is 30.3 Å². The number of nitrogens with zero attached hydrogens (tertiary/aromatic N) is 2. The van der Waals surface area contributed by atoms with Crippen LogP contribution in [0.3, 0.4) is 0 Å². The van der Waals surface area contributed by atoms with E-state index in [0.29, 0.717) is 26.1 Å². The molecule has 0 aliphatic carbocycles. The topological polar surface area (TPSA) is 69.7 Å². The van der Waals surface area contributed by atoms with E-state index in [1.54, 1.807) is 4.31 Å². The average Bonchev–Trinajstić information content (AvgIpc) is 2.55. The maximum Gasteiger partial charge on any atom is 0.234 e. The van der Waals surface area contributed by atoms with Gasteiger partial charge in [-0.25, -0.2) is 8.42 Å². The van der Waals surface area contributed by atoms with Crippen molar-refractivity contribution in [2.24, 2.45) is 0 Å². The number of sulfonamides is 1. The molecule has 1 fully saturated rings. The third-order valence-corrected chi connectivity index (χ3v) is 5.84. The molecule has 1 amide bonds. The molecule has 1 atom stereocenters. The van der Waals surface area contributed by atoms with Crippen LogP contribution in [0.1, 0.15) is 31.2 Å². The molecule has 0 spiro atoms. The Morgan fingerprint density at radius 1 is 1.28 bits per heavy atom. The molecule has 1 aliphatic heterocycles. The molecule has 25 heavy (non-hydrogen) atoms. The van der Waals surface area contributed by atoms with Crippen molar-refractivity contribution in [2.45, 2.75) is 38.3 Å². The maximum atomic E-state index is 12.1. The first-order valence-corrected chi connectivity index (χ1v) is 10.7. The summed E-state index contributed by atoms with van der Waals surface area (Å²) in [4.78, 5) is 14.0. The molecule has 2 rings (SSSR count). The third kappa shape index (κ3) is 6.76. The molecule has 1 saturated heterocycles. The lowest BCUT2D eigenvalue weighted by atomic mass is 10.0. The Hall–Kier alpha value is -1.44. The van der Waals surface area contributed by atoms with Crippen molar-refractivity contribution >= 4 is 15.9 Å². The summed E-state index contributed by atoms with van der Waals surface area (Å²) in [5.41, 5.74) is 1.17. The predicted molar refractivity (Wildman–Crippen MR) is 99.6 cm³/mol. The lowest BCUT2D eigenvalue weighted by Gasteiger charge is -2.33. The van der Waals surface area contributed by atoms with Gasteiger partial charge < -0.3 is 5.32 Å². The second-order valence-corrected chi connectivity index (χ2v) is 8.75. The quantitative estimate of drug-likeness (QED) is 0.755. The van der Waals surface area contributed by atoms with Crippen molar-refractivity contribution in [3.63, 3.8) is 0 Å². The van der Waals surface area contributed by atoms with Crippen molar-refractivity contribution in [1.82, 2.24) is 14.5 Å². The number of rotatable bonds is 8. The van der Waals surface area contributed by atoms with E-state index >= 15 is 0 Å². The number of hydrogen-bond donors (Lipinski definition) is 1. The van der Waals surface area contributed by atoms with Crippen LogP contribution in [0.4, 0.5) is 0 Å². The fourth-order valence-corrected chi connectivity index (χ4v) is 4.54. The smallest absolute Gasteiger partial charge is 0.234 e. The van der Waals surface area contributed by atoms with Crippen LogP contribution in [0.2, 0.25) is 0 Å². The fourth-order valence-electron chi connectivity index (χ4n) is 3.33. The standard InChI is InChI=1S/C18H29N3O3S/c1-20(14-16-8-4-3-5-9-16)15-18(22)19-12-11-17-10-6-7-13-21(17)25(2,23)24/h3-5,8-9,17H,6-7,10-15H2,1-2H3,(H,19,22). The van der Waals surface area contributed by atoms with Crippen LogP contribution < -0.4 is 5.32 Å². The molecule has 1 aromatic carbocycles. The van der Waals surface area contributed by atoms with Crippen LogP contribution in [0, 0.1) is 0 Å². The van der Waals surface area contributed by atoms with E-state index in [9.17, 15) is 13.2 Å². The van der Waals surface area contributed by atoms with Crippen LogP contribution in [-0.4, -0.2) is 62.5 Å². The van der Waals surface area contributed by atoms with Gasteiger partial charge in [0.25, 0.3) is 0 Å². The van der Waals surface area contributed by atoms with Gasteiger partial charge in [0, 0.05) is 25.7 Å². The summed E-state index contributed by atoms with van der Waals surface area (Å²) in [6.45, 7) is 2.15. The molecule has 0 radical (unpaired) electrons. The van der Waals surface area contributed by atoms with E-state index in [0.717, 1.165) is 25.8 Å². The third-order valence-electron chi connectivity index (χ3n) is 4.51. The molecule has 0 bridgehead atoms. The zero-order valence-electron chi connectivity index (χ0n) is 15.1. The van der Waals surface area contributed by atoms with Gasteiger partial charge in [-0.2, -0.15) is 4.31 Å². The van der Waals surface area contributed by atoms with Gasteiger partial charge in [0.1, 0.15) is 0 Å². The SMILES string of the molecule is CN(CC(=O)NCCC1CCCCN1S(C)(=O)=O)Cc1ccccc1. The summed E-state index contributed by atoms with van der Waals surface area (Å²) >= 11 is 0. The molecule has 1 heterocycles. The molecule has 1 aromatic rings. The molecule has 7 heteroatoms. The minimum atomic E-state index is -3.17. The summed E-state index contributed by atoms with van der Waals surface area (Å²) in [6, 6.07) is 10.0. The lowest BCUT2D eigenvalue weighted by molar-refractivity contribution is -0.122. The number of hydrogen-bond acceptors (Lipinski definition) is 4. The highest BCUT2D eigenvalue weighted by Gasteiger charge is 2.28. The van der Waals surface area contributed by atoms with Gasteiger partial charge in [0.15, 0.2) is 0 Å². The van der Waals surface area contributed by atoms with Crippen LogP contribution in [0.25, 0.3) is 0 Å². The fraction of sp³-hybridized carbons (Fsp3) is 0.611. The van der Waals surface area contributed by atoms with E-state index in [4.69, 9.17) is 0 Å². The second-order valence-electron chi connectivity index (χ2n) is 6.82. The van der Waals surface area contributed by atoms with Crippen molar-refractivity contribution in [3.05, 3.63) is 35.9 Å². The van der Waals surface area contributed by atoms with E-state index in [1.807, 2.05) is 42.3 Å². The Labute approximate surface area is 151 Å². The zero-order valence-corrected chi connectivity index (χ0v) is 16.0. The molecular weight excluding hydrogens is 338 g/mol. The monoisotopic (exact) mass is 367 g/mol. The van der Waals surface area contributed by atoms with Gasteiger partial charge in [-0.05, 0) is 31.9 Å². The molecule has 1 aliphatic rings. The van der Waals surface area contributed by atoms with Gasteiger partial charge in [-0.15, -0.1) is 0 Å². The summed E-state index contributed by atoms with van der Waals surface area (Å²) in [5, 5.41) is 2.92. The Morgan fingerprint density at radius 3 is 2.68 bits per heavy atom. The largest absolute Gasteiger partial charge is 0.355 e. The van der Waals surface area contributed by atoms with Crippen molar-refractivity contribution in [2.75, 3.05) is 32.9 Å². The Morgan fingerprint density at radius 2 is 2.00 bits per heavy atom. The van der Waals surface area contributed by atoms with Gasteiger partial charge >= 0.3 is 0 Å². The number of carbonyl (C=O) groups is 1. The van der Waals surface area contributed by atoms with Crippen LogP contribution in [-0.2, 0) is 21.4 Å². The lowest BCUT2D eigenvalue weighted by Crippen LogP contribution is -2.45. The van der Waals surface area contributed by atoms with Gasteiger partial charge in [-0.1, -0.05) is 36.8 Å². The molecule has 1 unspecified atom stereocenters. The summed E-state index contributed by atoms with van der Waals surface area (Å²) in [5.74, 6) is -0.0276. The first-order valence-electron chi connectivity index (χ1n) is 8.82. The highest BCUT2D eigenvalue weighted by molar-refractivity contribution is 7.88. The van der Waals surface area contributed by atoms with E-state index in [-0.39, 0.29) is 11.9 Å². The van der Waals surface area contributed by atoms with Gasteiger partial charge in [-0.3, -0.25) is 9.69 Å². The number of amides is 1. The van der Waals surface area contributed by atoms with Crippen molar-refractivity contribution < 1.29 is 13.2 Å². The second kappa shape index (κ2) is 9.31. The average molecular weight is 368 g/mol. The Balaban J connectivity index is 1.72. The number of benzene rings is 1. The Bertz CT molecular complexity index is 649. The molecule has 0 saturated carbocycles. The summed E-state index contributed by atoms with van der Waals surface area (Å²) in [7, 11) is -1.25. The number of nitrogens with one attached hydrogen (secondary N) is 1. The molecular formula is C18H29N3O3S. The van der Waals surface area contributed by atoms with E-state index in [2.05, 4.69) is 5.32 Å². The van der Waals surface area contributed by atoms with Gasteiger partial charge in [0.05, 0.1) is 12.8 Å². The minimum Gasteiger partial charge on any atom is -0.355 e. The van der Waals surface area contributed by atoms with E-state index < -0.39 is 10.0 Å². The molecule has 6 nitrogen and oxygen atoms in total.